The lowest BCUT2D eigenvalue weighted by Gasteiger charge is -2.36. The molecule has 2 amide bonds. The Morgan fingerprint density at radius 3 is 2.40 bits per heavy atom. The smallest absolute Gasteiger partial charge is 0.254 e. The molecule has 0 unspecified atom stereocenters. The molecule has 0 saturated carbocycles. The van der Waals surface area contributed by atoms with Crippen LogP contribution < -0.4 is 10.2 Å². The SMILES string of the molecule is O=C(NCC(=O)N1CCN(c2ccncc2)CC1)c1ccccc1F. The molecular weight excluding hydrogens is 323 g/mol. The molecule has 1 N–H and O–H groups in total. The Morgan fingerprint density at radius 2 is 1.72 bits per heavy atom. The van der Waals surface area contributed by atoms with Gasteiger partial charge in [0, 0.05) is 44.3 Å². The maximum atomic E-state index is 13.6. The fraction of sp³-hybridized carbons (Fsp3) is 0.278. The van der Waals surface area contributed by atoms with Crippen molar-refractivity contribution in [3.05, 3.63) is 60.2 Å². The van der Waals surface area contributed by atoms with Crippen LogP contribution >= 0.6 is 0 Å². The maximum Gasteiger partial charge on any atom is 0.254 e. The molecule has 0 aliphatic carbocycles. The number of benzene rings is 1. The summed E-state index contributed by atoms with van der Waals surface area (Å²) in [5, 5.41) is 2.49. The molecule has 1 aliphatic rings. The third kappa shape index (κ3) is 4.12. The lowest BCUT2D eigenvalue weighted by Crippen LogP contribution is -2.51. The summed E-state index contributed by atoms with van der Waals surface area (Å²) in [6.07, 6.45) is 3.48. The topological polar surface area (TPSA) is 65.5 Å². The summed E-state index contributed by atoms with van der Waals surface area (Å²) in [5.41, 5.74) is 1.02. The Hall–Kier alpha value is -2.96. The van der Waals surface area contributed by atoms with Crippen molar-refractivity contribution in [3.63, 3.8) is 0 Å². The molecule has 0 atom stereocenters. The molecule has 130 valence electrons. The van der Waals surface area contributed by atoms with Gasteiger partial charge in [0.15, 0.2) is 0 Å². The van der Waals surface area contributed by atoms with E-state index in [9.17, 15) is 14.0 Å². The first-order chi connectivity index (χ1) is 12.1. The average molecular weight is 342 g/mol. The van der Waals surface area contributed by atoms with Crippen LogP contribution in [0.2, 0.25) is 0 Å². The first-order valence-corrected chi connectivity index (χ1v) is 8.10. The molecule has 1 fully saturated rings. The minimum atomic E-state index is -0.599. The maximum absolute atomic E-state index is 13.6. The number of hydrogen-bond donors (Lipinski definition) is 1. The molecular formula is C18H19FN4O2. The van der Waals surface area contributed by atoms with E-state index in [4.69, 9.17) is 0 Å². The van der Waals surface area contributed by atoms with Crippen LogP contribution in [0.5, 0.6) is 0 Å². The van der Waals surface area contributed by atoms with Crippen LogP contribution in [-0.2, 0) is 4.79 Å². The van der Waals surface area contributed by atoms with E-state index in [-0.39, 0.29) is 18.0 Å². The van der Waals surface area contributed by atoms with Crippen LogP contribution in [-0.4, -0.2) is 54.4 Å². The molecule has 3 rings (SSSR count). The van der Waals surface area contributed by atoms with Crippen molar-refractivity contribution >= 4 is 17.5 Å². The summed E-state index contributed by atoms with van der Waals surface area (Å²) in [6.45, 7) is 2.46. The Kier molecular flexibility index (Phi) is 5.23. The number of piperazine rings is 1. The number of hydrogen-bond acceptors (Lipinski definition) is 4. The average Bonchev–Trinajstić information content (AvgIpc) is 2.67. The highest BCUT2D eigenvalue weighted by molar-refractivity contribution is 5.96. The van der Waals surface area contributed by atoms with Crippen molar-refractivity contribution in [2.24, 2.45) is 0 Å². The molecule has 1 aliphatic heterocycles. The standard InChI is InChI=1S/C18H19FN4O2/c19-16-4-2-1-3-15(16)18(25)21-13-17(24)23-11-9-22(10-12-23)14-5-7-20-8-6-14/h1-8H,9-13H2,(H,21,25). The molecule has 2 heterocycles. The highest BCUT2D eigenvalue weighted by Crippen LogP contribution is 2.14. The molecule has 7 heteroatoms. The summed E-state index contributed by atoms with van der Waals surface area (Å²) >= 11 is 0. The van der Waals surface area contributed by atoms with Gasteiger partial charge in [0.1, 0.15) is 5.82 Å². The van der Waals surface area contributed by atoms with E-state index in [0.29, 0.717) is 13.1 Å². The summed E-state index contributed by atoms with van der Waals surface area (Å²) in [5.74, 6) is -1.35. The number of nitrogens with one attached hydrogen (secondary N) is 1. The van der Waals surface area contributed by atoms with Crippen molar-refractivity contribution < 1.29 is 14.0 Å². The zero-order chi connectivity index (χ0) is 17.6. The number of carbonyl (C=O) groups is 2. The highest BCUT2D eigenvalue weighted by atomic mass is 19.1. The zero-order valence-electron chi connectivity index (χ0n) is 13.7. The minimum absolute atomic E-state index is 0.0576. The number of amides is 2. The van der Waals surface area contributed by atoms with Crippen molar-refractivity contribution in [2.45, 2.75) is 0 Å². The number of nitrogens with zero attached hydrogens (tertiary/aromatic N) is 3. The summed E-state index contributed by atoms with van der Waals surface area (Å²) in [6, 6.07) is 9.58. The van der Waals surface area contributed by atoms with Gasteiger partial charge in [-0.25, -0.2) is 4.39 Å². The van der Waals surface area contributed by atoms with Crippen LogP contribution in [0.4, 0.5) is 10.1 Å². The fourth-order valence-corrected chi connectivity index (χ4v) is 2.78. The van der Waals surface area contributed by atoms with Gasteiger partial charge < -0.3 is 15.1 Å². The van der Waals surface area contributed by atoms with Gasteiger partial charge in [-0.3, -0.25) is 14.6 Å². The van der Waals surface area contributed by atoms with Crippen molar-refractivity contribution in [3.8, 4) is 0 Å². The second-order valence-corrected chi connectivity index (χ2v) is 5.74. The molecule has 6 nitrogen and oxygen atoms in total. The molecule has 1 saturated heterocycles. The first kappa shape index (κ1) is 16.9. The molecule has 1 aromatic carbocycles. The summed E-state index contributed by atoms with van der Waals surface area (Å²) in [4.78, 5) is 32.1. The van der Waals surface area contributed by atoms with E-state index < -0.39 is 11.7 Å². The first-order valence-electron chi connectivity index (χ1n) is 8.10. The number of aromatic nitrogens is 1. The number of anilines is 1. The monoisotopic (exact) mass is 342 g/mol. The Bertz CT molecular complexity index is 746. The van der Waals surface area contributed by atoms with Gasteiger partial charge in [-0.1, -0.05) is 12.1 Å². The third-order valence-corrected chi connectivity index (χ3v) is 4.18. The highest BCUT2D eigenvalue weighted by Gasteiger charge is 2.22. The van der Waals surface area contributed by atoms with Gasteiger partial charge >= 0.3 is 0 Å². The van der Waals surface area contributed by atoms with Gasteiger partial charge in [-0.15, -0.1) is 0 Å². The summed E-state index contributed by atoms with van der Waals surface area (Å²) in [7, 11) is 0. The van der Waals surface area contributed by atoms with E-state index in [2.05, 4.69) is 15.2 Å². The van der Waals surface area contributed by atoms with Gasteiger partial charge in [-0.2, -0.15) is 0 Å². The predicted molar refractivity (Wildman–Crippen MR) is 91.8 cm³/mol. The van der Waals surface area contributed by atoms with Gasteiger partial charge in [0.05, 0.1) is 12.1 Å². The lowest BCUT2D eigenvalue weighted by atomic mass is 10.2. The third-order valence-electron chi connectivity index (χ3n) is 4.18. The molecule has 0 bridgehead atoms. The fourth-order valence-electron chi connectivity index (χ4n) is 2.78. The second kappa shape index (κ2) is 7.74. The van der Waals surface area contributed by atoms with Crippen LogP contribution in [0.15, 0.2) is 48.8 Å². The molecule has 1 aromatic heterocycles. The number of halogens is 1. The van der Waals surface area contributed by atoms with E-state index in [1.54, 1.807) is 23.4 Å². The minimum Gasteiger partial charge on any atom is -0.368 e. The quantitative estimate of drug-likeness (QED) is 0.910. The van der Waals surface area contributed by atoms with Crippen molar-refractivity contribution in [2.75, 3.05) is 37.6 Å². The second-order valence-electron chi connectivity index (χ2n) is 5.74. The molecule has 0 radical (unpaired) electrons. The largest absolute Gasteiger partial charge is 0.368 e. The zero-order valence-corrected chi connectivity index (χ0v) is 13.7. The van der Waals surface area contributed by atoms with Crippen LogP contribution in [0, 0.1) is 5.82 Å². The predicted octanol–water partition coefficient (Wildman–Crippen LogP) is 1.30. The number of rotatable bonds is 4. The Morgan fingerprint density at radius 1 is 1.04 bits per heavy atom. The number of pyridine rings is 1. The van der Waals surface area contributed by atoms with Gasteiger partial charge in [0.2, 0.25) is 5.91 Å². The lowest BCUT2D eigenvalue weighted by molar-refractivity contribution is -0.130. The number of carbonyl (C=O) groups excluding carboxylic acids is 2. The van der Waals surface area contributed by atoms with E-state index in [1.807, 2.05) is 12.1 Å². The van der Waals surface area contributed by atoms with E-state index >= 15 is 0 Å². The van der Waals surface area contributed by atoms with E-state index in [0.717, 1.165) is 18.8 Å². The molecule has 0 spiro atoms. The van der Waals surface area contributed by atoms with Crippen molar-refractivity contribution in [1.29, 1.82) is 0 Å². The molecule has 2 aromatic rings. The Balaban J connectivity index is 1.48. The van der Waals surface area contributed by atoms with Crippen LogP contribution in [0.1, 0.15) is 10.4 Å². The Labute approximate surface area is 145 Å². The summed E-state index contributed by atoms with van der Waals surface area (Å²) < 4.78 is 13.6. The molecule has 25 heavy (non-hydrogen) atoms. The van der Waals surface area contributed by atoms with E-state index in [1.165, 1.54) is 18.2 Å². The van der Waals surface area contributed by atoms with Crippen LogP contribution in [0.25, 0.3) is 0 Å². The van der Waals surface area contributed by atoms with Crippen molar-refractivity contribution in [1.82, 2.24) is 15.2 Å². The van der Waals surface area contributed by atoms with Crippen LogP contribution in [0.3, 0.4) is 0 Å². The normalized spacial score (nSPS) is 14.3. The van der Waals surface area contributed by atoms with Gasteiger partial charge in [-0.05, 0) is 24.3 Å². The van der Waals surface area contributed by atoms with Gasteiger partial charge in [0.25, 0.3) is 5.91 Å².